The first-order chi connectivity index (χ1) is 8.81. The molecule has 1 atom stereocenters. The molecule has 2 nitrogen and oxygen atoms in total. The number of ether oxygens (including phenoxy) is 1. The molecular weight excluding hydrogens is 290 g/mol. The summed E-state index contributed by atoms with van der Waals surface area (Å²) in [6.07, 6.45) is 5.35. The van der Waals surface area contributed by atoms with E-state index in [1.54, 1.807) is 0 Å². The molecule has 3 heteroatoms. The molecule has 1 aromatic carbocycles. The zero-order chi connectivity index (χ0) is 12.8. The molecule has 0 amide bonds. The van der Waals surface area contributed by atoms with E-state index in [-0.39, 0.29) is 0 Å². The van der Waals surface area contributed by atoms with Crippen LogP contribution in [0.5, 0.6) is 0 Å². The molecule has 0 bridgehead atoms. The molecule has 0 radical (unpaired) electrons. The second-order valence-corrected chi connectivity index (χ2v) is 5.40. The first-order valence-corrected chi connectivity index (χ1v) is 7.40. The van der Waals surface area contributed by atoms with Gasteiger partial charge in [0.2, 0.25) is 0 Å². The molecule has 1 aromatic rings. The van der Waals surface area contributed by atoms with E-state index in [1.165, 1.54) is 10.0 Å². The van der Waals surface area contributed by atoms with Crippen molar-refractivity contribution in [1.82, 2.24) is 5.32 Å². The highest BCUT2D eigenvalue weighted by Gasteiger charge is 2.19. The molecule has 2 rings (SSSR count). The third kappa shape index (κ3) is 3.59. The fraction of sp³-hybridized carbons (Fsp3) is 0.467. The van der Waals surface area contributed by atoms with Crippen LogP contribution < -0.4 is 5.32 Å². The number of halogens is 1. The van der Waals surface area contributed by atoms with Gasteiger partial charge in [0, 0.05) is 10.9 Å². The summed E-state index contributed by atoms with van der Waals surface area (Å²) in [5.74, 6) is 1.11. The van der Waals surface area contributed by atoms with Crippen molar-refractivity contribution >= 4 is 15.9 Å². The Morgan fingerprint density at radius 2 is 2.22 bits per heavy atom. The van der Waals surface area contributed by atoms with E-state index in [0.29, 0.717) is 6.04 Å². The van der Waals surface area contributed by atoms with Crippen LogP contribution in [0.15, 0.2) is 40.6 Å². The van der Waals surface area contributed by atoms with Gasteiger partial charge in [-0.25, -0.2) is 0 Å². The van der Waals surface area contributed by atoms with Crippen LogP contribution in [-0.2, 0) is 11.2 Å². The highest BCUT2D eigenvalue weighted by atomic mass is 79.9. The van der Waals surface area contributed by atoms with E-state index in [0.717, 1.165) is 38.2 Å². The molecule has 1 aliphatic heterocycles. The summed E-state index contributed by atoms with van der Waals surface area (Å²) in [7, 11) is 0. The molecule has 0 saturated carbocycles. The Balaban J connectivity index is 2.07. The van der Waals surface area contributed by atoms with Gasteiger partial charge in [0.1, 0.15) is 5.76 Å². The van der Waals surface area contributed by atoms with Crippen LogP contribution in [0.4, 0.5) is 0 Å². The predicted octanol–water partition coefficient (Wildman–Crippen LogP) is 3.66. The molecule has 0 spiro atoms. The minimum absolute atomic E-state index is 0.297. The molecular formula is C15H20BrNO. The second kappa shape index (κ2) is 6.95. The summed E-state index contributed by atoms with van der Waals surface area (Å²) in [5.41, 5.74) is 1.32. The quantitative estimate of drug-likeness (QED) is 0.866. The molecule has 18 heavy (non-hydrogen) atoms. The molecule has 0 fully saturated rings. The maximum atomic E-state index is 5.71. The molecule has 98 valence electrons. The first-order valence-electron chi connectivity index (χ1n) is 6.61. The third-order valence-corrected chi connectivity index (χ3v) is 3.87. The summed E-state index contributed by atoms with van der Waals surface area (Å²) >= 11 is 3.61. The lowest BCUT2D eigenvalue weighted by Crippen LogP contribution is -2.34. The van der Waals surface area contributed by atoms with Crippen molar-refractivity contribution in [2.45, 2.75) is 32.2 Å². The van der Waals surface area contributed by atoms with Crippen LogP contribution >= 0.6 is 15.9 Å². The molecule has 1 unspecified atom stereocenters. The Kier molecular flexibility index (Phi) is 5.26. The molecule has 0 aliphatic carbocycles. The van der Waals surface area contributed by atoms with Gasteiger partial charge in [-0.3, -0.25) is 0 Å². The van der Waals surface area contributed by atoms with Crippen molar-refractivity contribution < 1.29 is 4.74 Å². The normalized spacial score (nSPS) is 16.2. The maximum absolute atomic E-state index is 5.71. The monoisotopic (exact) mass is 309 g/mol. The van der Waals surface area contributed by atoms with Gasteiger partial charge in [-0.2, -0.15) is 0 Å². The van der Waals surface area contributed by atoms with Crippen LogP contribution in [-0.4, -0.2) is 19.2 Å². The molecule has 1 N–H and O–H groups in total. The summed E-state index contributed by atoms with van der Waals surface area (Å²) < 4.78 is 6.88. The van der Waals surface area contributed by atoms with Gasteiger partial charge in [0.25, 0.3) is 0 Å². The van der Waals surface area contributed by atoms with E-state index in [4.69, 9.17) is 4.74 Å². The minimum Gasteiger partial charge on any atom is -0.496 e. The fourth-order valence-corrected chi connectivity index (χ4v) is 2.60. The predicted molar refractivity (Wildman–Crippen MR) is 78.6 cm³/mol. The van der Waals surface area contributed by atoms with Crippen LogP contribution in [0.1, 0.15) is 25.3 Å². The Morgan fingerprint density at radius 1 is 1.39 bits per heavy atom. The van der Waals surface area contributed by atoms with Crippen LogP contribution in [0, 0.1) is 0 Å². The van der Waals surface area contributed by atoms with Gasteiger partial charge in [0.15, 0.2) is 0 Å². The van der Waals surface area contributed by atoms with Gasteiger partial charge < -0.3 is 10.1 Å². The average molecular weight is 310 g/mol. The van der Waals surface area contributed by atoms with Crippen LogP contribution in [0.3, 0.4) is 0 Å². The molecule has 0 aromatic heterocycles. The number of nitrogens with one attached hydrogen (secondary N) is 1. The number of hydrogen-bond acceptors (Lipinski definition) is 2. The summed E-state index contributed by atoms with van der Waals surface area (Å²) in [4.78, 5) is 0. The highest BCUT2D eigenvalue weighted by Crippen LogP contribution is 2.22. The average Bonchev–Trinajstić information content (AvgIpc) is 2.90. The highest BCUT2D eigenvalue weighted by molar-refractivity contribution is 9.10. The smallest absolute Gasteiger partial charge is 0.109 e. The molecule has 0 saturated heterocycles. The van der Waals surface area contributed by atoms with E-state index in [9.17, 15) is 0 Å². The van der Waals surface area contributed by atoms with Crippen LogP contribution in [0.2, 0.25) is 0 Å². The summed E-state index contributed by atoms with van der Waals surface area (Å²) in [6, 6.07) is 8.69. The lowest BCUT2D eigenvalue weighted by atomic mass is 10.0. The topological polar surface area (TPSA) is 21.3 Å². The minimum atomic E-state index is 0.297. The largest absolute Gasteiger partial charge is 0.496 e. The van der Waals surface area contributed by atoms with Crippen molar-refractivity contribution in [3.05, 3.63) is 46.1 Å². The number of benzene rings is 1. The van der Waals surface area contributed by atoms with Crippen molar-refractivity contribution in [1.29, 1.82) is 0 Å². The van der Waals surface area contributed by atoms with Gasteiger partial charge in [-0.05, 0) is 37.1 Å². The zero-order valence-electron chi connectivity index (χ0n) is 10.8. The first kappa shape index (κ1) is 13.6. The lowest BCUT2D eigenvalue weighted by molar-refractivity contribution is 0.214. The van der Waals surface area contributed by atoms with E-state index in [2.05, 4.69) is 52.4 Å². The number of rotatable bonds is 6. The van der Waals surface area contributed by atoms with E-state index >= 15 is 0 Å². The van der Waals surface area contributed by atoms with Crippen molar-refractivity contribution in [2.24, 2.45) is 0 Å². The SMILES string of the molecule is CCCNC(Cc1ccccc1Br)C1=CCCO1. The molecule has 1 heterocycles. The van der Waals surface area contributed by atoms with E-state index in [1.807, 2.05) is 6.07 Å². The molecule has 1 aliphatic rings. The van der Waals surface area contributed by atoms with Gasteiger partial charge >= 0.3 is 0 Å². The van der Waals surface area contributed by atoms with Crippen molar-refractivity contribution in [3.63, 3.8) is 0 Å². The van der Waals surface area contributed by atoms with Crippen molar-refractivity contribution in [3.8, 4) is 0 Å². The number of hydrogen-bond donors (Lipinski definition) is 1. The Morgan fingerprint density at radius 3 is 2.89 bits per heavy atom. The summed E-state index contributed by atoms with van der Waals surface area (Å²) in [6.45, 7) is 4.04. The van der Waals surface area contributed by atoms with Gasteiger partial charge in [-0.1, -0.05) is 41.1 Å². The standard InChI is InChI=1S/C15H20BrNO/c1-2-9-17-14(15-8-5-10-18-15)11-12-6-3-4-7-13(12)16/h3-4,6-8,14,17H,2,5,9-11H2,1H3. The maximum Gasteiger partial charge on any atom is 0.109 e. The zero-order valence-corrected chi connectivity index (χ0v) is 12.4. The fourth-order valence-electron chi connectivity index (χ4n) is 2.16. The van der Waals surface area contributed by atoms with Gasteiger partial charge in [-0.15, -0.1) is 0 Å². The third-order valence-electron chi connectivity index (χ3n) is 3.10. The van der Waals surface area contributed by atoms with Crippen molar-refractivity contribution in [2.75, 3.05) is 13.2 Å². The Labute approximate surface area is 118 Å². The van der Waals surface area contributed by atoms with Gasteiger partial charge in [0.05, 0.1) is 12.6 Å². The second-order valence-electron chi connectivity index (χ2n) is 4.55. The Hall–Kier alpha value is -0.800. The Bertz CT molecular complexity index is 417. The lowest BCUT2D eigenvalue weighted by Gasteiger charge is -2.20. The summed E-state index contributed by atoms with van der Waals surface area (Å²) in [5, 5.41) is 3.57. The van der Waals surface area contributed by atoms with Crippen LogP contribution in [0.25, 0.3) is 0 Å². The van der Waals surface area contributed by atoms with E-state index < -0.39 is 0 Å².